The van der Waals surface area contributed by atoms with E-state index >= 15 is 0 Å². The minimum atomic E-state index is -0.443. The summed E-state index contributed by atoms with van der Waals surface area (Å²) in [5.41, 5.74) is 2.05. The van der Waals surface area contributed by atoms with Crippen LogP contribution in [0.3, 0.4) is 0 Å². The van der Waals surface area contributed by atoms with E-state index in [0.29, 0.717) is 37.9 Å². The van der Waals surface area contributed by atoms with Crippen LogP contribution < -0.4 is 10.2 Å². The molecule has 0 unspecified atom stereocenters. The number of halogens is 1. The van der Waals surface area contributed by atoms with E-state index in [9.17, 15) is 9.18 Å². The molecule has 0 saturated carbocycles. The van der Waals surface area contributed by atoms with Crippen molar-refractivity contribution in [2.75, 3.05) is 49.6 Å². The third-order valence-electron chi connectivity index (χ3n) is 5.51. The Hall–Kier alpha value is -2.74. The van der Waals surface area contributed by atoms with Gasteiger partial charge in [0.2, 0.25) is 11.9 Å². The molecule has 1 N–H and O–H groups in total. The zero-order chi connectivity index (χ0) is 20.2. The van der Waals surface area contributed by atoms with Crippen molar-refractivity contribution >= 4 is 17.5 Å². The molecule has 2 aliphatic heterocycles. The first kappa shape index (κ1) is 19.6. The Morgan fingerprint density at radius 2 is 1.97 bits per heavy atom. The van der Waals surface area contributed by atoms with Gasteiger partial charge in [-0.15, -0.1) is 0 Å². The topological polar surface area (TPSA) is 70.6 Å². The fraction of sp³-hybridized carbons (Fsp3) is 0.476. The number of carbonyl (C=O) groups is 1. The number of nitrogens with one attached hydrogen (secondary N) is 1. The third kappa shape index (κ3) is 4.64. The van der Waals surface area contributed by atoms with Crippen molar-refractivity contribution in [3.8, 4) is 11.3 Å². The lowest BCUT2D eigenvalue weighted by molar-refractivity contribution is -0.129. The molecule has 0 aliphatic carbocycles. The maximum absolute atomic E-state index is 14.5. The maximum Gasteiger partial charge on any atom is 0.223 e. The van der Waals surface area contributed by atoms with Crippen molar-refractivity contribution in [1.82, 2.24) is 14.9 Å². The van der Waals surface area contributed by atoms with Gasteiger partial charge in [-0.25, -0.2) is 14.4 Å². The van der Waals surface area contributed by atoms with Crippen LogP contribution in [-0.2, 0) is 9.53 Å². The molecule has 7 nitrogen and oxygen atoms in total. The molecule has 2 saturated heterocycles. The monoisotopic (exact) mass is 399 g/mol. The van der Waals surface area contributed by atoms with E-state index in [4.69, 9.17) is 4.74 Å². The quantitative estimate of drug-likeness (QED) is 0.852. The highest BCUT2D eigenvalue weighted by Crippen LogP contribution is 2.27. The SMILES string of the molecule is CC(=O)N1CCC(Nc2ncc(F)c(-c3cccc(N4CCOCC4)c3)n2)CC1. The van der Waals surface area contributed by atoms with Crippen LogP contribution in [-0.4, -0.2) is 66.2 Å². The van der Waals surface area contributed by atoms with Gasteiger partial charge in [0.25, 0.3) is 0 Å². The summed E-state index contributed by atoms with van der Waals surface area (Å²) in [6.07, 6.45) is 2.86. The van der Waals surface area contributed by atoms with Crippen LogP contribution in [0.25, 0.3) is 11.3 Å². The number of nitrogens with zero attached hydrogens (tertiary/aromatic N) is 4. The van der Waals surface area contributed by atoms with E-state index in [2.05, 4.69) is 20.2 Å². The molecule has 29 heavy (non-hydrogen) atoms. The van der Waals surface area contributed by atoms with E-state index in [1.807, 2.05) is 29.2 Å². The van der Waals surface area contributed by atoms with Gasteiger partial charge in [0.05, 0.1) is 19.4 Å². The first-order valence-electron chi connectivity index (χ1n) is 10.1. The Labute approximate surface area is 169 Å². The van der Waals surface area contributed by atoms with Gasteiger partial charge < -0.3 is 19.9 Å². The first-order valence-corrected chi connectivity index (χ1v) is 10.1. The summed E-state index contributed by atoms with van der Waals surface area (Å²) in [7, 11) is 0. The number of hydrogen-bond donors (Lipinski definition) is 1. The van der Waals surface area contributed by atoms with Crippen LogP contribution >= 0.6 is 0 Å². The molecule has 1 aromatic carbocycles. The number of morpholine rings is 1. The second-order valence-electron chi connectivity index (χ2n) is 7.46. The molecule has 0 spiro atoms. The number of carbonyl (C=O) groups excluding carboxylic acids is 1. The zero-order valence-electron chi connectivity index (χ0n) is 16.6. The predicted octanol–water partition coefficient (Wildman–Crippen LogP) is 2.54. The second kappa shape index (κ2) is 8.73. The fourth-order valence-corrected chi connectivity index (χ4v) is 3.83. The highest BCUT2D eigenvalue weighted by Gasteiger charge is 2.22. The van der Waals surface area contributed by atoms with E-state index in [1.165, 1.54) is 6.20 Å². The number of ether oxygens (including phenoxy) is 1. The van der Waals surface area contributed by atoms with E-state index < -0.39 is 5.82 Å². The average Bonchev–Trinajstić information content (AvgIpc) is 2.76. The van der Waals surface area contributed by atoms with Gasteiger partial charge in [-0.3, -0.25) is 4.79 Å². The number of piperidine rings is 1. The van der Waals surface area contributed by atoms with E-state index in [1.54, 1.807) is 6.92 Å². The Morgan fingerprint density at radius 3 is 2.69 bits per heavy atom. The van der Waals surface area contributed by atoms with Crippen molar-refractivity contribution in [2.45, 2.75) is 25.8 Å². The van der Waals surface area contributed by atoms with Crippen LogP contribution in [0.15, 0.2) is 30.5 Å². The van der Waals surface area contributed by atoms with Crippen molar-refractivity contribution < 1.29 is 13.9 Å². The molecule has 3 heterocycles. The van der Waals surface area contributed by atoms with Gasteiger partial charge >= 0.3 is 0 Å². The molecule has 2 fully saturated rings. The van der Waals surface area contributed by atoms with Gasteiger partial charge in [0, 0.05) is 50.4 Å². The second-order valence-corrected chi connectivity index (χ2v) is 7.46. The summed E-state index contributed by atoms with van der Waals surface area (Å²) in [6, 6.07) is 7.95. The summed E-state index contributed by atoms with van der Waals surface area (Å²) in [4.78, 5) is 24.1. The first-order chi connectivity index (χ1) is 14.1. The summed E-state index contributed by atoms with van der Waals surface area (Å²) in [6.45, 7) is 6.05. The molecule has 0 bridgehead atoms. The van der Waals surface area contributed by atoms with Crippen LogP contribution in [0.4, 0.5) is 16.0 Å². The molecule has 0 radical (unpaired) electrons. The molecule has 2 aromatic rings. The van der Waals surface area contributed by atoms with Gasteiger partial charge in [-0.1, -0.05) is 12.1 Å². The van der Waals surface area contributed by atoms with Crippen molar-refractivity contribution in [3.05, 3.63) is 36.3 Å². The molecule has 1 amide bonds. The van der Waals surface area contributed by atoms with Gasteiger partial charge in [0.15, 0.2) is 5.82 Å². The molecule has 8 heteroatoms. The van der Waals surface area contributed by atoms with E-state index in [-0.39, 0.29) is 11.9 Å². The highest BCUT2D eigenvalue weighted by atomic mass is 19.1. The van der Waals surface area contributed by atoms with Gasteiger partial charge in [0.1, 0.15) is 5.69 Å². The number of hydrogen-bond acceptors (Lipinski definition) is 6. The average molecular weight is 399 g/mol. The lowest BCUT2D eigenvalue weighted by Gasteiger charge is -2.31. The number of anilines is 2. The highest BCUT2D eigenvalue weighted by molar-refractivity contribution is 5.73. The minimum absolute atomic E-state index is 0.101. The zero-order valence-corrected chi connectivity index (χ0v) is 16.6. The number of likely N-dealkylation sites (tertiary alicyclic amines) is 1. The molecule has 2 aliphatic rings. The summed E-state index contributed by atoms with van der Waals surface area (Å²) < 4.78 is 19.9. The largest absolute Gasteiger partial charge is 0.378 e. The minimum Gasteiger partial charge on any atom is -0.378 e. The van der Waals surface area contributed by atoms with Crippen molar-refractivity contribution in [3.63, 3.8) is 0 Å². The van der Waals surface area contributed by atoms with Gasteiger partial charge in [-0.05, 0) is 25.0 Å². The molecular weight excluding hydrogens is 373 g/mol. The van der Waals surface area contributed by atoms with Crippen molar-refractivity contribution in [1.29, 1.82) is 0 Å². The molecular formula is C21H26FN5O2. The van der Waals surface area contributed by atoms with Crippen LogP contribution in [0.5, 0.6) is 0 Å². The number of rotatable bonds is 4. The molecule has 154 valence electrons. The Kier molecular flexibility index (Phi) is 5.89. The summed E-state index contributed by atoms with van der Waals surface area (Å²) >= 11 is 0. The van der Waals surface area contributed by atoms with E-state index in [0.717, 1.165) is 37.2 Å². The molecule has 0 atom stereocenters. The Bertz CT molecular complexity index is 864. The molecule has 4 rings (SSSR count). The number of aromatic nitrogens is 2. The lowest BCUT2D eigenvalue weighted by atomic mass is 10.1. The fourth-order valence-electron chi connectivity index (χ4n) is 3.83. The standard InChI is InChI=1S/C21H26FN5O2/c1-15(28)26-7-5-17(6-8-26)24-21-23-14-19(22)20(25-21)16-3-2-4-18(13-16)27-9-11-29-12-10-27/h2-4,13-14,17H,5-12H2,1H3,(H,23,24,25). The lowest BCUT2D eigenvalue weighted by Crippen LogP contribution is -2.41. The Morgan fingerprint density at radius 1 is 1.21 bits per heavy atom. The van der Waals surface area contributed by atoms with Crippen molar-refractivity contribution in [2.24, 2.45) is 0 Å². The van der Waals surface area contributed by atoms with Crippen LogP contribution in [0.2, 0.25) is 0 Å². The summed E-state index contributed by atoms with van der Waals surface area (Å²) in [5, 5.41) is 3.30. The maximum atomic E-state index is 14.5. The Balaban J connectivity index is 1.49. The number of amides is 1. The van der Waals surface area contributed by atoms with Crippen LogP contribution in [0.1, 0.15) is 19.8 Å². The number of benzene rings is 1. The van der Waals surface area contributed by atoms with Gasteiger partial charge in [-0.2, -0.15) is 0 Å². The van der Waals surface area contributed by atoms with Crippen LogP contribution in [0, 0.1) is 5.82 Å². The summed E-state index contributed by atoms with van der Waals surface area (Å²) in [5.74, 6) is 0.0736. The molecule has 1 aromatic heterocycles. The smallest absolute Gasteiger partial charge is 0.223 e. The third-order valence-corrected chi connectivity index (χ3v) is 5.51. The predicted molar refractivity (Wildman–Crippen MR) is 109 cm³/mol. The normalized spacial score (nSPS) is 18.0.